The number of rotatable bonds is 3. The Kier molecular flexibility index (Phi) is 3.54. The highest BCUT2D eigenvalue weighted by Crippen LogP contribution is 2.25. The van der Waals surface area contributed by atoms with Gasteiger partial charge in [-0.3, -0.25) is 23.9 Å². The van der Waals surface area contributed by atoms with E-state index >= 15 is 0 Å². The number of hydrogen-bond donors (Lipinski definition) is 0. The van der Waals surface area contributed by atoms with Crippen molar-refractivity contribution >= 4 is 33.4 Å². The van der Waals surface area contributed by atoms with Crippen LogP contribution in [0.15, 0.2) is 35.4 Å². The minimum Gasteiger partial charge on any atom is -0.297 e. The number of thiophene rings is 1. The third-order valence-electron chi connectivity index (χ3n) is 4.60. The average molecular weight is 353 g/mol. The maximum atomic E-state index is 12.7. The number of imide groups is 1. The van der Waals surface area contributed by atoms with Crippen LogP contribution in [0.25, 0.3) is 10.2 Å². The first-order valence-corrected chi connectivity index (χ1v) is 8.71. The highest BCUT2D eigenvalue weighted by molar-refractivity contribution is 7.18. The van der Waals surface area contributed by atoms with Gasteiger partial charge in [-0.2, -0.15) is 0 Å². The lowest BCUT2D eigenvalue weighted by molar-refractivity contribution is 0.0648. The van der Waals surface area contributed by atoms with E-state index in [1.165, 1.54) is 27.1 Å². The third-order valence-corrected chi connectivity index (χ3v) is 5.71. The second kappa shape index (κ2) is 5.63. The van der Waals surface area contributed by atoms with Crippen molar-refractivity contribution in [1.29, 1.82) is 0 Å². The summed E-state index contributed by atoms with van der Waals surface area (Å²) in [6, 6.07) is 6.76. The number of fused-ring (bicyclic) bond motifs is 2. The van der Waals surface area contributed by atoms with Gasteiger partial charge in [-0.1, -0.05) is 12.1 Å². The zero-order valence-corrected chi connectivity index (χ0v) is 14.6. The van der Waals surface area contributed by atoms with Gasteiger partial charge in [-0.25, -0.2) is 4.98 Å². The molecule has 0 spiro atoms. The van der Waals surface area contributed by atoms with Crippen LogP contribution in [0.4, 0.5) is 0 Å². The minimum atomic E-state index is -0.315. The number of aryl methyl sites for hydroxylation is 2. The molecular formula is C18H15N3O3S. The number of benzene rings is 1. The van der Waals surface area contributed by atoms with E-state index in [1.807, 2.05) is 13.8 Å². The second-order valence-corrected chi connectivity index (χ2v) is 7.22. The molecule has 3 heterocycles. The molecule has 7 heteroatoms. The Bertz CT molecular complexity index is 1060. The molecule has 4 rings (SSSR count). The van der Waals surface area contributed by atoms with Crippen molar-refractivity contribution in [3.8, 4) is 0 Å². The lowest BCUT2D eigenvalue weighted by atomic mass is 10.1. The van der Waals surface area contributed by atoms with Crippen molar-refractivity contribution in [3.63, 3.8) is 0 Å². The Labute approximate surface area is 147 Å². The van der Waals surface area contributed by atoms with Gasteiger partial charge in [0.25, 0.3) is 17.4 Å². The number of hydrogen-bond acceptors (Lipinski definition) is 5. The lowest BCUT2D eigenvalue weighted by Gasteiger charge is -2.14. The van der Waals surface area contributed by atoms with Crippen molar-refractivity contribution in [2.24, 2.45) is 0 Å². The molecule has 2 amide bonds. The fourth-order valence-corrected chi connectivity index (χ4v) is 4.07. The summed E-state index contributed by atoms with van der Waals surface area (Å²) in [6.07, 6.45) is 1.48. The molecule has 6 nitrogen and oxygen atoms in total. The first-order valence-electron chi connectivity index (χ1n) is 7.89. The summed E-state index contributed by atoms with van der Waals surface area (Å²) in [6.45, 7) is 4.24. The molecule has 1 aliphatic rings. The standard InChI is InChI=1S/C18H15N3O3S/c1-10-11(2)25-15-14(10)18(24)20(9-19-15)7-8-21-16(22)12-5-3-4-6-13(12)17(21)23/h3-6,9H,7-8H2,1-2H3. The molecule has 0 fully saturated rings. The number of nitrogens with zero attached hydrogens (tertiary/aromatic N) is 3. The molecule has 0 N–H and O–H groups in total. The van der Waals surface area contributed by atoms with Gasteiger partial charge in [0.15, 0.2) is 0 Å². The molecule has 0 unspecified atom stereocenters. The minimum absolute atomic E-state index is 0.136. The highest BCUT2D eigenvalue weighted by atomic mass is 32.1. The number of amides is 2. The van der Waals surface area contributed by atoms with Crippen LogP contribution >= 0.6 is 11.3 Å². The van der Waals surface area contributed by atoms with E-state index in [0.29, 0.717) is 16.5 Å². The van der Waals surface area contributed by atoms with E-state index in [2.05, 4.69) is 4.98 Å². The van der Waals surface area contributed by atoms with Crippen LogP contribution in [0.2, 0.25) is 0 Å². The molecule has 2 aromatic heterocycles. The largest absolute Gasteiger partial charge is 0.297 e. The van der Waals surface area contributed by atoms with Crippen molar-refractivity contribution in [2.45, 2.75) is 20.4 Å². The Balaban J connectivity index is 1.63. The third kappa shape index (κ3) is 2.31. The van der Waals surface area contributed by atoms with Crippen molar-refractivity contribution in [3.05, 3.63) is 62.5 Å². The molecule has 0 bridgehead atoms. The molecule has 0 saturated heterocycles. The summed E-state index contributed by atoms with van der Waals surface area (Å²) in [5.74, 6) is -0.629. The van der Waals surface area contributed by atoms with Crippen molar-refractivity contribution in [2.75, 3.05) is 6.54 Å². The van der Waals surface area contributed by atoms with Gasteiger partial charge in [0.1, 0.15) is 4.83 Å². The van der Waals surface area contributed by atoms with Crippen LogP contribution in [0.3, 0.4) is 0 Å². The predicted octanol–water partition coefficient (Wildman–Crippen LogP) is 2.37. The summed E-state index contributed by atoms with van der Waals surface area (Å²) >= 11 is 1.49. The van der Waals surface area contributed by atoms with E-state index in [9.17, 15) is 14.4 Å². The van der Waals surface area contributed by atoms with Crippen LogP contribution in [0.5, 0.6) is 0 Å². The molecule has 1 aromatic carbocycles. The molecule has 25 heavy (non-hydrogen) atoms. The average Bonchev–Trinajstić information content (AvgIpc) is 3.03. The summed E-state index contributed by atoms with van der Waals surface area (Å²) in [5.41, 5.74) is 1.63. The number of carbonyl (C=O) groups excluding carboxylic acids is 2. The van der Waals surface area contributed by atoms with Gasteiger partial charge >= 0.3 is 0 Å². The smallest absolute Gasteiger partial charge is 0.262 e. The normalized spacial score (nSPS) is 13.8. The van der Waals surface area contributed by atoms with Crippen molar-refractivity contribution < 1.29 is 9.59 Å². The van der Waals surface area contributed by atoms with E-state index in [1.54, 1.807) is 24.3 Å². The van der Waals surface area contributed by atoms with Crippen molar-refractivity contribution in [1.82, 2.24) is 14.5 Å². The van der Waals surface area contributed by atoms with E-state index < -0.39 is 0 Å². The van der Waals surface area contributed by atoms with E-state index in [4.69, 9.17) is 0 Å². The molecule has 126 valence electrons. The Hall–Kier alpha value is -2.80. The van der Waals surface area contributed by atoms with E-state index in [-0.39, 0.29) is 30.5 Å². The van der Waals surface area contributed by atoms with Gasteiger partial charge < -0.3 is 0 Å². The number of aromatic nitrogens is 2. The maximum Gasteiger partial charge on any atom is 0.262 e. The molecule has 0 atom stereocenters. The lowest BCUT2D eigenvalue weighted by Crippen LogP contribution is -2.35. The molecule has 0 radical (unpaired) electrons. The fraction of sp³-hybridized carbons (Fsp3) is 0.222. The molecule has 3 aromatic rings. The van der Waals surface area contributed by atoms with Crippen LogP contribution in [0, 0.1) is 13.8 Å². The predicted molar refractivity (Wildman–Crippen MR) is 95.2 cm³/mol. The zero-order chi connectivity index (χ0) is 17.7. The maximum absolute atomic E-state index is 12.7. The van der Waals surface area contributed by atoms with Gasteiger partial charge in [0.2, 0.25) is 0 Å². The summed E-state index contributed by atoms with van der Waals surface area (Å²) < 4.78 is 1.46. The van der Waals surface area contributed by atoms with Gasteiger partial charge in [-0.05, 0) is 31.5 Å². The van der Waals surface area contributed by atoms with E-state index in [0.717, 1.165) is 15.3 Å². The SMILES string of the molecule is Cc1sc2ncn(CCN3C(=O)c4ccccc4C3=O)c(=O)c2c1C. The second-order valence-electron chi connectivity index (χ2n) is 6.01. The van der Waals surface area contributed by atoms with Crippen LogP contribution < -0.4 is 5.56 Å². The summed E-state index contributed by atoms with van der Waals surface area (Å²) in [4.78, 5) is 44.8. The fourth-order valence-electron chi connectivity index (χ4n) is 3.08. The monoisotopic (exact) mass is 353 g/mol. The quantitative estimate of drug-likeness (QED) is 0.678. The van der Waals surface area contributed by atoms with Gasteiger partial charge in [0.05, 0.1) is 22.8 Å². The van der Waals surface area contributed by atoms with Gasteiger partial charge in [-0.15, -0.1) is 11.3 Å². The topological polar surface area (TPSA) is 72.3 Å². The van der Waals surface area contributed by atoms with Crippen LogP contribution in [-0.4, -0.2) is 32.8 Å². The van der Waals surface area contributed by atoms with Gasteiger partial charge in [0, 0.05) is 18.0 Å². The Morgan fingerprint density at radius 3 is 2.28 bits per heavy atom. The first kappa shape index (κ1) is 15.7. The van der Waals surface area contributed by atoms with Crippen LogP contribution in [0.1, 0.15) is 31.2 Å². The first-order chi connectivity index (χ1) is 12.0. The zero-order valence-electron chi connectivity index (χ0n) is 13.8. The molecule has 0 aliphatic carbocycles. The Morgan fingerprint density at radius 1 is 1.00 bits per heavy atom. The Morgan fingerprint density at radius 2 is 1.64 bits per heavy atom. The summed E-state index contributed by atoms with van der Waals surface area (Å²) in [7, 11) is 0. The number of carbonyl (C=O) groups is 2. The van der Waals surface area contributed by atoms with Crippen LogP contribution in [-0.2, 0) is 6.54 Å². The highest BCUT2D eigenvalue weighted by Gasteiger charge is 2.34. The molecule has 0 saturated carbocycles. The summed E-state index contributed by atoms with van der Waals surface area (Å²) in [5, 5.41) is 0.618. The molecular weight excluding hydrogens is 338 g/mol. The molecule has 1 aliphatic heterocycles.